The summed E-state index contributed by atoms with van der Waals surface area (Å²) in [6, 6.07) is 26.9. The zero-order valence-corrected chi connectivity index (χ0v) is 46.9. The number of likely N-dealkylation sites (tertiary alicyclic amines) is 1. The highest BCUT2D eigenvalue weighted by Crippen LogP contribution is 2.40. The summed E-state index contributed by atoms with van der Waals surface area (Å²) in [4.78, 5) is 38.3. The summed E-state index contributed by atoms with van der Waals surface area (Å²) in [5.41, 5.74) is 3.00. The molecule has 10 rings (SSSR count). The van der Waals surface area contributed by atoms with Gasteiger partial charge in [0.15, 0.2) is 11.6 Å². The molecule has 1 aliphatic carbocycles. The highest BCUT2D eigenvalue weighted by molar-refractivity contribution is 5.75. The van der Waals surface area contributed by atoms with Crippen LogP contribution in [0, 0.1) is 11.7 Å². The lowest BCUT2D eigenvalue weighted by Gasteiger charge is -2.29. The minimum absolute atomic E-state index is 0.0989. The fourth-order valence-corrected chi connectivity index (χ4v) is 9.93. The first-order chi connectivity index (χ1) is 39.0. The summed E-state index contributed by atoms with van der Waals surface area (Å²) >= 11 is 0. The molecule has 1 saturated carbocycles. The van der Waals surface area contributed by atoms with Gasteiger partial charge in [-0.15, -0.1) is 30.6 Å². The molecule has 3 aliphatic heterocycles. The molecule has 3 saturated heterocycles. The van der Waals surface area contributed by atoms with Crippen LogP contribution in [0.15, 0.2) is 84.9 Å². The molecule has 430 valence electrons. The molecule has 2 atom stereocenters. The second-order valence-electron chi connectivity index (χ2n) is 21.2. The molecule has 4 fully saturated rings. The van der Waals surface area contributed by atoms with Crippen LogP contribution in [-0.2, 0) is 42.8 Å². The number of rotatable bonds is 19. The van der Waals surface area contributed by atoms with E-state index in [2.05, 4.69) is 85.9 Å². The molecule has 3 aromatic carbocycles. The number of urea groups is 3. The maximum absolute atomic E-state index is 13.3. The number of aryl methyl sites for hydroxylation is 3. The molecule has 2 unspecified atom stereocenters. The Labute approximate surface area is 469 Å². The van der Waals surface area contributed by atoms with E-state index in [-0.39, 0.29) is 42.0 Å². The van der Waals surface area contributed by atoms with Crippen molar-refractivity contribution in [3.05, 3.63) is 114 Å². The predicted molar refractivity (Wildman–Crippen MR) is 303 cm³/mol. The normalized spacial score (nSPS) is 17.7. The van der Waals surface area contributed by atoms with Gasteiger partial charge in [-0.2, -0.15) is 0 Å². The summed E-state index contributed by atoms with van der Waals surface area (Å²) in [7, 11) is 6.06. The average Bonchev–Trinajstić information content (AvgIpc) is 4.00. The Morgan fingerprint density at radius 1 is 0.550 bits per heavy atom. The van der Waals surface area contributed by atoms with Crippen LogP contribution in [0.5, 0.6) is 0 Å². The van der Waals surface area contributed by atoms with Crippen molar-refractivity contribution in [2.24, 2.45) is 20.0 Å². The lowest BCUT2D eigenvalue weighted by atomic mass is 9.98. The van der Waals surface area contributed by atoms with Gasteiger partial charge < -0.3 is 55.4 Å². The van der Waals surface area contributed by atoms with E-state index in [1.807, 2.05) is 83.9 Å². The molecule has 6 amide bonds. The van der Waals surface area contributed by atoms with Crippen LogP contribution >= 0.6 is 0 Å². The van der Waals surface area contributed by atoms with Crippen molar-refractivity contribution in [1.82, 2.24) is 81.1 Å². The molecule has 0 radical (unpaired) electrons. The van der Waals surface area contributed by atoms with Gasteiger partial charge in [0, 0.05) is 114 Å². The SMILES string of the molecule is CC1COCCC1NC(=O)NCCCc1nnc(-c2ccccc2)n1C.CN1CCC(NC(=O)NCCCc2nnc(C3CC3)n2-c2ccc(F)cc2)CC1.Cn1c(CCCNC(=O)NC2CCOCC2)nnc1-c1ccccc1. The number of carbonyl (C=O) groups excluding carboxylic acids is 3. The third-order valence-electron chi connectivity index (χ3n) is 14.9. The van der Waals surface area contributed by atoms with Crippen molar-refractivity contribution in [3.8, 4) is 28.5 Å². The van der Waals surface area contributed by atoms with Crippen LogP contribution < -0.4 is 31.9 Å². The molecular weight excluding hydrogens is 1020 g/mol. The number of nitrogens with one attached hydrogen (secondary N) is 6. The topological polar surface area (TPSA) is 237 Å². The minimum atomic E-state index is -0.254. The second kappa shape index (κ2) is 30.3. The van der Waals surface area contributed by atoms with Gasteiger partial charge in [-0.3, -0.25) is 4.57 Å². The Kier molecular flexibility index (Phi) is 22.3. The lowest BCUT2D eigenvalue weighted by Crippen LogP contribution is -2.48. The van der Waals surface area contributed by atoms with Crippen LogP contribution in [0.3, 0.4) is 0 Å². The van der Waals surface area contributed by atoms with Gasteiger partial charge in [0.1, 0.15) is 29.1 Å². The predicted octanol–water partition coefficient (Wildman–Crippen LogP) is 6.64. The largest absolute Gasteiger partial charge is 0.381 e. The van der Waals surface area contributed by atoms with Gasteiger partial charge in [0.05, 0.1) is 6.61 Å². The smallest absolute Gasteiger partial charge is 0.315 e. The van der Waals surface area contributed by atoms with Crippen molar-refractivity contribution in [1.29, 1.82) is 0 Å². The van der Waals surface area contributed by atoms with E-state index in [9.17, 15) is 18.8 Å². The Hall–Kier alpha value is -7.30. The van der Waals surface area contributed by atoms with E-state index in [4.69, 9.17) is 9.47 Å². The number of piperidine rings is 1. The zero-order valence-electron chi connectivity index (χ0n) is 46.9. The summed E-state index contributed by atoms with van der Waals surface area (Å²) in [6.07, 6.45) is 11.5. The molecule has 6 heterocycles. The molecule has 22 heteroatoms. The van der Waals surface area contributed by atoms with Gasteiger partial charge in [0.25, 0.3) is 0 Å². The van der Waals surface area contributed by atoms with Crippen molar-refractivity contribution in [3.63, 3.8) is 0 Å². The van der Waals surface area contributed by atoms with E-state index in [0.29, 0.717) is 51.1 Å². The number of ether oxygens (including phenoxy) is 2. The van der Waals surface area contributed by atoms with E-state index in [0.717, 1.165) is 155 Å². The third-order valence-corrected chi connectivity index (χ3v) is 14.9. The number of benzene rings is 3. The number of halogens is 1. The second-order valence-corrected chi connectivity index (χ2v) is 21.2. The highest BCUT2D eigenvalue weighted by atomic mass is 19.1. The molecule has 0 spiro atoms. The third kappa shape index (κ3) is 17.9. The maximum Gasteiger partial charge on any atom is 0.315 e. The van der Waals surface area contributed by atoms with Crippen molar-refractivity contribution in [2.45, 2.75) is 114 Å². The minimum Gasteiger partial charge on any atom is -0.381 e. The molecule has 0 bridgehead atoms. The summed E-state index contributed by atoms with van der Waals surface area (Å²) in [6.45, 7) is 8.81. The van der Waals surface area contributed by atoms with Crippen LogP contribution in [0.1, 0.15) is 100 Å². The Morgan fingerprint density at radius 3 is 1.54 bits per heavy atom. The highest BCUT2D eigenvalue weighted by Gasteiger charge is 2.31. The standard InChI is InChI=1S/C21H29FN6O.C19H27N5O2.C18H25N5O2/c1-27-13-10-17(11-14-27)24-21(29)23-12-2-3-19-25-26-20(15-4-5-15)28(19)18-8-6-16(22)7-9-18;1-14-13-26-12-10-16(14)21-19(25)20-11-6-9-17-22-23-18(24(17)2)15-7-4-3-5-8-15;1-23-16(21-22-17(23)14-6-3-2-4-7-14)8-5-11-19-18(24)20-15-9-12-25-13-10-15/h6-9,15,17H,2-5,10-14H2,1H3,(H2,23,24,29);3-5,7-8,14,16H,6,9-13H2,1-2H3,(H2,20,21,25);2-4,6-7,15H,5,8-13H2,1H3,(H2,19,20,24). The number of nitrogens with zero attached hydrogens (tertiary/aromatic N) is 10. The maximum atomic E-state index is 13.3. The zero-order chi connectivity index (χ0) is 56.1. The van der Waals surface area contributed by atoms with Crippen molar-refractivity contribution < 1.29 is 28.2 Å². The number of hydrogen-bond acceptors (Lipinski definition) is 12. The van der Waals surface area contributed by atoms with Gasteiger partial charge in [-0.1, -0.05) is 67.6 Å². The lowest BCUT2D eigenvalue weighted by molar-refractivity contribution is 0.0419. The first kappa shape index (κ1) is 58.8. The first-order valence-electron chi connectivity index (χ1n) is 28.5. The van der Waals surface area contributed by atoms with E-state index >= 15 is 0 Å². The molecule has 4 aliphatic rings. The summed E-state index contributed by atoms with van der Waals surface area (Å²) < 4.78 is 30.1. The Morgan fingerprint density at radius 2 is 1.02 bits per heavy atom. The molecule has 3 aromatic heterocycles. The van der Waals surface area contributed by atoms with Gasteiger partial charge in [-0.25, -0.2) is 18.8 Å². The Balaban J connectivity index is 0.000000158. The first-order valence-corrected chi connectivity index (χ1v) is 28.5. The van der Waals surface area contributed by atoms with Crippen LogP contribution in [0.2, 0.25) is 0 Å². The average molecular weight is 1100 g/mol. The molecule has 6 aromatic rings. The van der Waals surface area contributed by atoms with Crippen LogP contribution in [-0.4, -0.2) is 152 Å². The monoisotopic (exact) mass is 1100 g/mol. The van der Waals surface area contributed by atoms with Gasteiger partial charge in [-0.05, 0) is 115 Å². The number of carbonyl (C=O) groups is 3. The molecule has 6 N–H and O–H groups in total. The number of hydrogen-bond donors (Lipinski definition) is 6. The van der Waals surface area contributed by atoms with Crippen LogP contribution in [0.25, 0.3) is 28.5 Å². The Bertz CT molecular complexity index is 2830. The number of amides is 6. The van der Waals surface area contributed by atoms with E-state index < -0.39 is 0 Å². The van der Waals surface area contributed by atoms with Gasteiger partial charge >= 0.3 is 18.1 Å². The fraction of sp³-hybridized carbons (Fsp3) is 0.534. The fourth-order valence-electron chi connectivity index (χ4n) is 9.93. The van der Waals surface area contributed by atoms with E-state index in [1.54, 1.807) is 12.1 Å². The molecular formula is C58H81FN16O5. The van der Waals surface area contributed by atoms with Crippen LogP contribution in [0.4, 0.5) is 18.8 Å². The summed E-state index contributed by atoms with van der Waals surface area (Å²) in [5.74, 6) is 5.92. The van der Waals surface area contributed by atoms with Gasteiger partial charge in [0.2, 0.25) is 0 Å². The van der Waals surface area contributed by atoms with Crippen molar-refractivity contribution in [2.75, 3.05) is 66.2 Å². The summed E-state index contributed by atoms with van der Waals surface area (Å²) in [5, 5.41) is 43.8. The molecule has 21 nitrogen and oxygen atoms in total. The molecule has 80 heavy (non-hydrogen) atoms. The number of aromatic nitrogens is 9. The van der Waals surface area contributed by atoms with Crippen molar-refractivity contribution >= 4 is 18.1 Å². The quantitative estimate of drug-likeness (QED) is 0.0469. The van der Waals surface area contributed by atoms with E-state index in [1.165, 1.54) is 12.1 Å².